The van der Waals surface area contributed by atoms with E-state index in [9.17, 15) is 31.2 Å². The van der Waals surface area contributed by atoms with Crippen molar-refractivity contribution in [1.29, 1.82) is 5.26 Å². The second kappa shape index (κ2) is 9.73. The molecule has 0 bridgehead atoms. The number of ether oxygens (including phenoxy) is 1. The number of nitrogens with zero attached hydrogens (tertiary/aromatic N) is 4. The molecule has 1 N–H and O–H groups in total. The molecular weight excluding hydrogens is 546 g/mol. The summed E-state index contributed by atoms with van der Waals surface area (Å²) < 4.78 is 87.4. The van der Waals surface area contributed by atoms with E-state index in [1.54, 1.807) is 32.9 Å². The third kappa shape index (κ3) is 5.79. The molecule has 2 aromatic heterocycles. The zero-order valence-electron chi connectivity index (χ0n) is 20.0. The number of alkyl halides is 3. The molecule has 0 fully saturated rings. The van der Waals surface area contributed by atoms with Crippen molar-refractivity contribution in [3.05, 3.63) is 71.1 Å². The van der Waals surface area contributed by atoms with E-state index in [-0.39, 0.29) is 32.8 Å². The number of thiazole rings is 1. The molecule has 2 aromatic carbocycles. The second-order valence-corrected chi connectivity index (χ2v) is 11.6. The molecule has 0 aliphatic heterocycles. The van der Waals surface area contributed by atoms with Gasteiger partial charge in [-0.1, -0.05) is 11.3 Å². The van der Waals surface area contributed by atoms with Crippen LogP contribution in [0.5, 0.6) is 11.5 Å². The number of nitriles is 1. The Labute approximate surface area is 219 Å². The maximum atomic E-state index is 13.3. The molecule has 0 saturated heterocycles. The third-order valence-corrected chi connectivity index (χ3v) is 7.26. The summed E-state index contributed by atoms with van der Waals surface area (Å²) in [6.07, 6.45) is -3.73. The van der Waals surface area contributed by atoms with Gasteiger partial charge in [-0.15, -0.1) is 0 Å². The quantitative estimate of drug-likeness (QED) is 0.272. The maximum Gasteiger partial charge on any atom is 0.435 e. The van der Waals surface area contributed by atoms with Gasteiger partial charge in [0.15, 0.2) is 16.0 Å². The molecule has 8 nitrogen and oxygen atoms in total. The fourth-order valence-electron chi connectivity index (χ4n) is 3.39. The Bertz CT molecular complexity index is 1630. The van der Waals surface area contributed by atoms with Gasteiger partial charge in [0.1, 0.15) is 17.6 Å². The lowest BCUT2D eigenvalue weighted by Crippen LogP contribution is -2.24. The second-order valence-electron chi connectivity index (χ2n) is 8.97. The van der Waals surface area contributed by atoms with Crippen molar-refractivity contribution >= 4 is 26.5 Å². The lowest BCUT2D eigenvalue weighted by molar-refractivity contribution is -0.141. The van der Waals surface area contributed by atoms with Crippen molar-refractivity contribution in [3.8, 4) is 28.8 Å². The largest absolute Gasteiger partial charge is 0.456 e. The third-order valence-electron chi connectivity index (χ3n) is 5.09. The highest BCUT2D eigenvalue weighted by molar-refractivity contribution is 7.93. The van der Waals surface area contributed by atoms with Gasteiger partial charge < -0.3 is 4.74 Å². The van der Waals surface area contributed by atoms with Crippen LogP contribution in [0.25, 0.3) is 11.3 Å². The molecule has 2 heterocycles. The Kier molecular flexibility index (Phi) is 6.94. The van der Waals surface area contributed by atoms with E-state index >= 15 is 0 Å². The van der Waals surface area contributed by atoms with Crippen LogP contribution in [0.15, 0.2) is 59.6 Å². The molecule has 0 saturated carbocycles. The highest BCUT2D eigenvalue weighted by Crippen LogP contribution is 2.35. The van der Waals surface area contributed by atoms with Gasteiger partial charge in [-0.2, -0.15) is 27.9 Å². The maximum absolute atomic E-state index is 13.3. The monoisotopic (exact) mass is 565 g/mol. The van der Waals surface area contributed by atoms with Crippen LogP contribution in [-0.4, -0.2) is 23.2 Å². The molecule has 38 heavy (non-hydrogen) atoms. The Morgan fingerprint density at radius 2 is 1.76 bits per heavy atom. The zero-order valence-corrected chi connectivity index (χ0v) is 21.7. The first-order valence-electron chi connectivity index (χ1n) is 10.8. The van der Waals surface area contributed by atoms with Gasteiger partial charge in [-0.3, -0.25) is 9.40 Å². The molecule has 14 heteroatoms. The molecule has 0 radical (unpaired) electrons. The average molecular weight is 566 g/mol. The topological polar surface area (TPSA) is 110 Å². The van der Waals surface area contributed by atoms with Gasteiger partial charge in [-0.25, -0.2) is 13.4 Å². The zero-order chi connectivity index (χ0) is 27.9. The molecule has 0 aliphatic rings. The molecule has 0 unspecified atom stereocenters. The summed E-state index contributed by atoms with van der Waals surface area (Å²) in [6.45, 7) is 5.21. The van der Waals surface area contributed by atoms with Gasteiger partial charge in [0.25, 0.3) is 10.0 Å². The SMILES string of the molecule is CC(C)(C)n1nc(C(F)(F)F)cc1-c1ccc(Oc2ccc(S(=O)(=O)Nc3ncc(F)s3)cc2C#N)cc1. The minimum Gasteiger partial charge on any atom is -0.456 e. The lowest BCUT2D eigenvalue weighted by Gasteiger charge is -2.22. The van der Waals surface area contributed by atoms with Crippen LogP contribution in [0.3, 0.4) is 0 Å². The summed E-state index contributed by atoms with van der Waals surface area (Å²) in [6, 6.07) is 12.5. The molecule has 0 spiro atoms. The number of hydrogen-bond acceptors (Lipinski definition) is 7. The number of nitrogens with one attached hydrogen (secondary N) is 1. The van der Waals surface area contributed by atoms with E-state index in [4.69, 9.17) is 4.74 Å². The predicted octanol–water partition coefficient (Wildman–Crippen LogP) is 6.38. The summed E-state index contributed by atoms with van der Waals surface area (Å²) in [5, 5.41) is 12.4. The van der Waals surface area contributed by atoms with Crippen molar-refractivity contribution < 1.29 is 30.7 Å². The van der Waals surface area contributed by atoms with Gasteiger partial charge in [0, 0.05) is 5.56 Å². The highest BCUT2D eigenvalue weighted by Gasteiger charge is 2.36. The Morgan fingerprint density at radius 3 is 2.32 bits per heavy atom. The molecule has 0 amide bonds. The van der Waals surface area contributed by atoms with Crippen molar-refractivity contribution in [3.63, 3.8) is 0 Å². The lowest BCUT2D eigenvalue weighted by atomic mass is 10.1. The van der Waals surface area contributed by atoms with Crippen LogP contribution in [0.2, 0.25) is 0 Å². The first-order valence-corrected chi connectivity index (χ1v) is 13.1. The van der Waals surface area contributed by atoms with Gasteiger partial charge >= 0.3 is 6.18 Å². The first kappa shape index (κ1) is 27.1. The Hall–Kier alpha value is -3.96. The minimum atomic E-state index is -4.60. The molecule has 4 aromatic rings. The number of rotatable bonds is 6. The smallest absolute Gasteiger partial charge is 0.435 e. The number of sulfonamides is 1. The number of benzene rings is 2. The van der Waals surface area contributed by atoms with E-state index in [0.29, 0.717) is 16.9 Å². The normalized spacial score (nSPS) is 12.3. The molecule has 0 atom stereocenters. The van der Waals surface area contributed by atoms with Crippen LogP contribution in [0.1, 0.15) is 32.0 Å². The fourth-order valence-corrected chi connectivity index (χ4v) is 5.20. The summed E-state index contributed by atoms with van der Waals surface area (Å²) in [7, 11) is -4.15. The van der Waals surface area contributed by atoms with Crippen LogP contribution in [-0.2, 0) is 21.7 Å². The van der Waals surface area contributed by atoms with Gasteiger partial charge in [0.2, 0.25) is 0 Å². The van der Waals surface area contributed by atoms with Crippen molar-refractivity contribution in [2.75, 3.05) is 4.72 Å². The van der Waals surface area contributed by atoms with Crippen molar-refractivity contribution in [2.24, 2.45) is 0 Å². The van der Waals surface area contributed by atoms with Crippen LogP contribution in [0.4, 0.5) is 22.7 Å². The predicted molar refractivity (Wildman–Crippen MR) is 132 cm³/mol. The number of hydrogen-bond donors (Lipinski definition) is 1. The van der Waals surface area contributed by atoms with Crippen molar-refractivity contribution in [2.45, 2.75) is 37.4 Å². The average Bonchev–Trinajstić information content (AvgIpc) is 3.46. The van der Waals surface area contributed by atoms with E-state index < -0.39 is 32.6 Å². The first-order chi connectivity index (χ1) is 17.7. The standard InChI is InChI=1S/C24H19F4N5O3S2/c1-23(2,3)33-18(11-20(31-33)24(26,27)28)14-4-6-16(7-5-14)36-19-9-8-17(10-15(19)12-29)38(34,35)32-22-30-13-21(25)37-22/h4-11,13H,1-3H3,(H,30,32). The number of anilines is 1. The van der Waals surface area contributed by atoms with E-state index in [1.807, 2.05) is 6.07 Å². The summed E-state index contributed by atoms with van der Waals surface area (Å²) in [5.74, 6) is 0.314. The van der Waals surface area contributed by atoms with Gasteiger partial charge in [0.05, 0.1) is 27.9 Å². The van der Waals surface area contributed by atoms with Gasteiger partial charge in [-0.05, 0) is 69.3 Å². The summed E-state index contributed by atoms with van der Waals surface area (Å²) >= 11 is 0.509. The Balaban J connectivity index is 1.59. The summed E-state index contributed by atoms with van der Waals surface area (Å²) in [5.41, 5.74) is -1.10. The van der Waals surface area contributed by atoms with E-state index in [0.717, 1.165) is 18.3 Å². The minimum absolute atomic E-state index is 0.0542. The van der Waals surface area contributed by atoms with Crippen molar-refractivity contribution in [1.82, 2.24) is 14.8 Å². The molecule has 4 rings (SSSR count). The van der Waals surface area contributed by atoms with Crippen LogP contribution in [0, 0.1) is 16.5 Å². The number of halogens is 4. The highest BCUT2D eigenvalue weighted by atomic mass is 32.2. The van der Waals surface area contributed by atoms with Crippen LogP contribution >= 0.6 is 11.3 Å². The summed E-state index contributed by atoms with van der Waals surface area (Å²) in [4.78, 5) is 3.34. The molecule has 0 aliphatic carbocycles. The number of aromatic nitrogens is 3. The Morgan fingerprint density at radius 1 is 1.08 bits per heavy atom. The fraction of sp³-hybridized carbons (Fsp3) is 0.208. The van der Waals surface area contributed by atoms with Crippen LogP contribution < -0.4 is 9.46 Å². The van der Waals surface area contributed by atoms with E-state index in [2.05, 4.69) is 14.8 Å². The molecular formula is C24H19F4N5O3S2. The van der Waals surface area contributed by atoms with E-state index in [1.165, 1.54) is 28.9 Å². The molecule has 198 valence electrons.